The summed E-state index contributed by atoms with van der Waals surface area (Å²) in [4.78, 5) is 14.2. The number of hydrogen-bond acceptors (Lipinski definition) is 2. The van der Waals surface area contributed by atoms with E-state index in [1.807, 2.05) is 42.3 Å². The van der Waals surface area contributed by atoms with E-state index in [4.69, 9.17) is 5.73 Å². The molecule has 0 bridgehead atoms. The summed E-state index contributed by atoms with van der Waals surface area (Å²) in [6.45, 7) is 0. The highest BCUT2D eigenvalue weighted by Gasteiger charge is 2.23. The van der Waals surface area contributed by atoms with Gasteiger partial charge in [0, 0.05) is 25.6 Å². The van der Waals surface area contributed by atoms with Crippen LogP contribution in [0.4, 0.5) is 0 Å². The molecule has 0 aromatic heterocycles. The van der Waals surface area contributed by atoms with Crippen LogP contribution in [-0.4, -0.2) is 23.9 Å². The Labute approximate surface area is 115 Å². The molecule has 1 aromatic carbocycles. The fraction of sp³-hybridized carbons (Fsp3) is 0.562. The van der Waals surface area contributed by atoms with Crippen LogP contribution >= 0.6 is 0 Å². The van der Waals surface area contributed by atoms with E-state index in [0.717, 1.165) is 18.4 Å². The van der Waals surface area contributed by atoms with Crippen LogP contribution in [0, 0.1) is 0 Å². The Morgan fingerprint density at radius 3 is 2.53 bits per heavy atom. The summed E-state index contributed by atoms with van der Waals surface area (Å²) < 4.78 is 0. The third-order valence-corrected chi connectivity index (χ3v) is 4.14. The Bertz CT molecular complexity index is 398. The van der Waals surface area contributed by atoms with Crippen molar-refractivity contribution in [2.75, 3.05) is 7.05 Å². The maximum absolute atomic E-state index is 12.3. The van der Waals surface area contributed by atoms with E-state index in [9.17, 15) is 4.79 Å². The summed E-state index contributed by atoms with van der Waals surface area (Å²) in [6.07, 6.45) is 6.48. The number of carbonyl (C=O) groups is 1. The van der Waals surface area contributed by atoms with Gasteiger partial charge in [0.1, 0.15) is 0 Å². The minimum absolute atomic E-state index is 0.170. The van der Waals surface area contributed by atoms with Crippen LogP contribution in [0.5, 0.6) is 0 Å². The van der Waals surface area contributed by atoms with Crippen molar-refractivity contribution in [2.24, 2.45) is 5.73 Å². The highest BCUT2D eigenvalue weighted by atomic mass is 16.2. The zero-order chi connectivity index (χ0) is 13.7. The van der Waals surface area contributed by atoms with Crippen molar-refractivity contribution in [3.63, 3.8) is 0 Å². The van der Waals surface area contributed by atoms with Gasteiger partial charge in [0.25, 0.3) is 0 Å². The maximum atomic E-state index is 12.3. The van der Waals surface area contributed by atoms with E-state index in [-0.39, 0.29) is 11.9 Å². The van der Waals surface area contributed by atoms with Crippen LogP contribution in [0.2, 0.25) is 0 Å². The molecule has 0 spiro atoms. The molecule has 0 radical (unpaired) electrons. The molecule has 3 heteroatoms. The molecule has 1 amide bonds. The molecule has 0 saturated heterocycles. The lowest BCUT2D eigenvalue weighted by Gasteiger charge is -2.32. The van der Waals surface area contributed by atoms with Crippen molar-refractivity contribution < 1.29 is 4.79 Å². The Kier molecular flexibility index (Phi) is 4.97. The lowest BCUT2D eigenvalue weighted by atomic mass is 9.94. The van der Waals surface area contributed by atoms with E-state index >= 15 is 0 Å². The standard InChI is InChI=1S/C16H24N2O/c1-18(14-10-6-3-7-11-14)16(19)12-15(17)13-8-4-2-5-9-13/h2,4-5,8-9,14-15H,3,6-7,10-12,17H2,1H3. The second-order valence-electron chi connectivity index (χ2n) is 5.52. The number of benzene rings is 1. The molecular formula is C16H24N2O. The molecule has 1 fully saturated rings. The van der Waals surface area contributed by atoms with Gasteiger partial charge in [-0.3, -0.25) is 4.79 Å². The van der Waals surface area contributed by atoms with Crippen LogP contribution in [0.25, 0.3) is 0 Å². The second-order valence-corrected chi connectivity index (χ2v) is 5.52. The third-order valence-electron chi connectivity index (χ3n) is 4.14. The Morgan fingerprint density at radius 1 is 1.26 bits per heavy atom. The number of hydrogen-bond donors (Lipinski definition) is 1. The number of amides is 1. The quantitative estimate of drug-likeness (QED) is 0.904. The lowest BCUT2D eigenvalue weighted by molar-refractivity contribution is -0.132. The largest absolute Gasteiger partial charge is 0.343 e. The van der Waals surface area contributed by atoms with E-state index in [0.29, 0.717) is 12.5 Å². The highest BCUT2D eigenvalue weighted by Crippen LogP contribution is 2.23. The predicted octanol–water partition coefficient (Wildman–Crippen LogP) is 2.87. The van der Waals surface area contributed by atoms with Gasteiger partial charge in [0.15, 0.2) is 0 Å². The molecule has 1 aliphatic carbocycles. The van der Waals surface area contributed by atoms with E-state index in [2.05, 4.69) is 0 Å². The minimum atomic E-state index is -0.195. The minimum Gasteiger partial charge on any atom is -0.343 e. The van der Waals surface area contributed by atoms with Gasteiger partial charge in [-0.25, -0.2) is 0 Å². The first-order chi connectivity index (χ1) is 9.18. The number of carbonyl (C=O) groups excluding carboxylic acids is 1. The van der Waals surface area contributed by atoms with Crippen molar-refractivity contribution in [2.45, 2.75) is 50.6 Å². The average Bonchev–Trinajstić information content (AvgIpc) is 2.48. The normalized spacial score (nSPS) is 18.0. The monoisotopic (exact) mass is 260 g/mol. The van der Waals surface area contributed by atoms with Gasteiger partial charge in [0.2, 0.25) is 5.91 Å². The van der Waals surface area contributed by atoms with Crippen LogP contribution in [-0.2, 0) is 4.79 Å². The van der Waals surface area contributed by atoms with Crippen molar-refractivity contribution >= 4 is 5.91 Å². The number of nitrogens with two attached hydrogens (primary N) is 1. The average molecular weight is 260 g/mol. The van der Waals surface area contributed by atoms with Gasteiger partial charge >= 0.3 is 0 Å². The van der Waals surface area contributed by atoms with Crippen LogP contribution < -0.4 is 5.73 Å². The topological polar surface area (TPSA) is 46.3 Å². The zero-order valence-electron chi connectivity index (χ0n) is 11.7. The zero-order valence-corrected chi connectivity index (χ0v) is 11.7. The van der Waals surface area contributed by atoms with Crippen LogP contribution in [0.3, 0.4) is 0 Å². The molecule has 19 heavy (non-hydrogen) atoms. The molecule has 2 N–H and O–H groups in total. The molecule has 3 nitrogen and oxygen atoms in total. The molecule has 1 aliphatic rings. The molecule has 104 valence electrons. The second kappa shape index (κ2) is 6.71. The fourth-order valence-electron chi connectivity index (χ4n) is 2.82. The van der Waals surface area contributed by atoms with Gasteiger partial charge in [-0.15, -0.1) is 0 Å². The fourth-order valence-corrected chi connectivity index (χ4v) is 2.82. The van der Waals surface area contributed by atoms with Crippen molar-refractivity contribution in [3.8, 4) is 0 Å². The lowest BCUT2D eigenvalue weighted by Crippen LogP contribution is -2.39. The Morgan fingerprint density at radius 2 is 1.89 bits per heavy atom. The molecule has 1 aromatic rings. The van der Waals surface area contributed by atoms with Gasteiger partial charge < -0.3 is 10.6 Å². The summed E-state index contributed by atoms with van der Waals surface area (Å²) in [5.74, 6) is 0.170. The highest BCUT2D eigenvalue weighted by molar-refractivity contribution is 5.77. The number of nitrogens with zero attached hydrogens (tertiary/aromatic N) is 1. The SMILES string of the molecule is CN(C(=O)CC(N)c1ccccc1)C1CCCCC1. The van der Waals surface area contributed by atoms with E-state index in [1.54, 1.807) is 0 Å². The number of rotatable bonds is 4. The van der Waals surface area contributed by atoms with Gasteiger partial charge in [-0.1, -0.05) is 49.6 Å². The summed E-state index contributed by atoms with van der Waals surface area (Å²) >= 11 is 0. The van der Waals surface area contributed by atoms with Crippen molar-refractivity contribution in [1.29, 1.82) is 0 Å². The summed E-state index contributed by atoms with van der Waals surface area (Å²) in [6, 6.07) is 10.1. The first-order valence-electron chi connectivity index (χ1n) is 7.24. The molecule has 1 saturated carbocycles. The van der Waals surface area contributed by atoms with Crippen molar-refractivity contribution in [3.05, 3.63) is 35.9 Å². The summed E-state index contributed by atoms with van der Waals surface area (Å²) in [5.41, 5.74) is 7.15. The van der Waals surface area contributed by atoms with Crippen LogP contribution in [0.15, 0.2) is 30.3 Å². The summed E-state index contributed by atoms with van der Waals surface area (Å²) in [5, 5.41) is 0. The molecule has 0 aliphatic heterocycles. The molecular weight excluding hydrogens is 236 g/mol. The molecule has 2 rings (SSSR count). The van der Waals surface area contributed by atoms with Crippen molar-refractivity contribution in [1.82, 2.24) is 4.90 Å². The van der Waals surface area contributed by atoms with Gasteiger partial charge in [-0.05, 0) is 18.4 Å². The molecule has 1 unspecified atom stereocenters. The Balaban J connectivity index is 1.89. The Hall–Kier alpha value is -1.35. The van der Waals surface area contributed by atoms with Gasteiger partial charge in [0.05, 0.1) is 0 Å². The molecule has 0 heterocycles. The van der Waals surface area contributed by atoms with Gasteiger partial charge in [-0.2, -0.15) is 0 Å². The van der Waals surface area contributed by atoms with E-state index < -0.39 is 0 Å². The summed E-state index contributed by atoms with van der Waals surface area (Å²) in [7, 11) is 1.93. The predicted molar refractivity (Wildman–Crippen MR) is 77.6 cm³/mol. The maximum Gasteiger partial charge on any atom is 0.224 e. The van der Waals surface area contributed by atoms with E-state index in [1.165, 1.54) is 19.3 Å². The first-order valence-corrected chi connectivity index (χ1v) is 7.24. The van der Waals surface area contributed by atoms with Crippen LogP contribution in [0.1, 0.15) is 50.1 Å². The molecule has 1 atom stereocenters. The smallest absolute Gasteiger partial charge is 0.224 e. The first kappa shape index (κ1) is 14.1. The third kappa shape index (κ3) is 3.80.